The van der Waals surface area contributed by atoms with Gasteiger partial charge in [-0.05, 0) is 56.3 Å². The first-order chi connectivity index (χ1) is 12.8. The lowest BCUT2D eigenvalue weighted by molar-refractivity contribution is 0.104. The van der Waals surface area contributed by atoms with E-state index < -0.39 is 0 Å². The van der Waals surface area contributed by atoms with E-state index in [4.69, 9.17) is 4.74 Å². The number of ketones is 1. The summed E-state index contributed by atoms with van der Waals surface area (Å²) < 4.78 is 7.00. The number of benzene rings is 2. The van der Waals surface area contributed by atoms with Crippen LogP contribution in [-0.4, -0.2) is 36.9 Å². The van der Waals surface area contributed by atoms with E-state index in [2.05, 4.69) is 11.0 Å². The average molecular weight is 365 g/mol. The number of carbonyl (C=O) groups excluding carboxylic acids is 1. The van der Waals surface area contributed by atoms with E-state index in [1.165, 1.54) is 32.4 Å². The first-order valence-electron chi connectivity index (χ1n) is 9.27. The third-order valence-corrected chi connectivity index (χ3v) is 5.93. The lowest BCUT2D eigenvalue weighted by Crippen LogP contribution is -2.33. The van der Waals surface area contributed by atoms with Crippen LogP contribution >= 0.6 is 11.3 Å². The highest BCUT2D eigenvalue weighted by Gasteiger charge is 2.14. The van der Waals surface area contributed by atoms with Crippen molar-refractivity contribution in [2.24, 2.45) is 0 Å². The van der Waals surface area contributed by atoms with Gasteiger partial charge >= 0.3 is 0 Å². The van der Waals surface area contributed by atoms with Crippen molar-refractivity contribution < 1.29 is 9.53 Å². The Labute approximate surface area is 158 Å². The number of thiophene rings is 1. The highest BCUT2D eigenvalue weighted by molar-refractivity contribution is 7.17. The Morgan fingerprint density at radius 3 is 2.58 bits per heavy atom. The fourth-order valence-corrected chi connectivity index (χ4v) is 4.43. The Balaban J connectivity index is 1.38. The smallest absolute Gasteiger partial charge is 0.194 e. The van der Waals surface area contributed by atoms with Gasteiger partial charge in [-0.25, -0.2) is 0 Å². The second kappa shape index (κ2) is 8.02. The minimum Gasteiger partial charge on any atom is -0.492 e. The zero-order chi connectivity index (χ0) is 17.8. The van der Waals surface area contributed by atoms with Crippen molar-refractivity contribution in [2.45, 2.75) is 19.3 Å². The summed E-state index contributed by atoms with van der Waals surface area (Å²) in [5, 5.41) is 2.99. The van der Waals surface area contributed by atoms with Gasteiger partial charge in [0.25, 0.3) is 0 Å². The Hall–Kier alpha value is -2.17. The molecule has 1 fully saturated rings. The van der Waals surface area contributed by atoms with Crippen molar-refractivity contribution in [1.29, 1.82) is 0 Å². The van der Waals surface area contributed by atoms with Gasteiger partial charge in [0.05, 0.1) is 0 Å². The molecular formula is C22H23NO2S. The van der Waals surface area contributed by atoms with E-state index in [0.29, 0.717) is 12.2 Å². The molecule has 2 aromatic carbocycles. The lowest BCUT2D eigenvalue weighted by atomic mass is 10.0. The third-order valence-electron chi connectivity index (χ3n) is 4.97. The fraction of sp³-hybridized carbons (Fsp3) is 0.318. The molecule has 1 aromatic heterocycles. The Morgan fingerprint density at radius 2 is 1.77 bits per heavy atom. The van der Waals surface area contributed by atoms with Crippen molar-refractivity contribution >= 4 is 27.2 Å². The summed E-state index contributed by atoms with van der Waals surface area (Å²) >= 11 is 1.61. The molecule has 4 heteroatoms. The second-order valence-corrected chi connectivity index (χ2v) is 7.66. The van der Waals surface area contributed by atoms with Crippen LogP contribution in [0.15, 0.2) is 53.9 Å². The number of hydrogen-bond donors (Lipinski definition) is 0. The van der Waals surface area contributed by atoms with E-state index in [1.54, 1.807) is 11.3 Å². The van der Waals surface area contributed by atoms with Crippen LogP contribution in [-0.2, 0) is 0 Å². The molecule has 1 aliphatic heterocycles. The zero-order valence-corrected chi connectivity index (χ0v) is 15.6. The molecule has 0 atom stereocenters. The first-order valence-corrected chi connectivity index (χ1v) is 10.2. The summed E-state index contributed by atoms with van der Waals surface area (Å²) in [5.74, 6) is 0.899. The van der Waals surface area contributed by atoms with Crippen molar-refractivity contribution in [3.63, 3.8) is 0 Å². The van der Waals surface area contributed by atoms with E-state index in [-0.39, 0.29) is 5.78 Å². The Morgan fingerprint density at radius 1 is 1.00 bits per heavy atom. The number of ether oxygens (including phenoxy) is 1. The van der Waals surface area contributed by atoms with Crippen LogP contribution in [0.5, 0.6) is 5.75 Å². The van der Waals surface area contributed by atoms with Gasteiger partial charge in [0, 0.05) is 33.1 Å². The summed E-state index contributed by atoms with van der Waals surface area (Å²) in [6.45, 7) is 4.04. The van der Waals surface area contributed by atoms with Gasteiger partial charge in [-0.3, -0.25) is 9.69 Å². The molecule has 0 aliphatic carbocycles. The molecule has 1 saturated heterocycles. The molecule has 3 nitrogen and oxygen atoms in total. The summed E-state index contributed by atoms with van der Waals surface area (Å²) in [6, 6.07) is 15.6. The quantitative estimate of drug-likeness (QED) is 0.576. The molecule has 0 N–H and O–H groups in total. The SMILES string of the molecule is O=C(c1ccc(OCCN2CCCCC2)cc1)c1csc2ccccc12. The predicted octanol–water partition coefficient (Wildman–Crippen LogP) is 5.00. The molecule has 3 aromatic rings. The van der Waals surface area contributed by atoms with Crippen LogP contribution in [0.25, 0.3) is 10.1 Å². The third kappa shape index (κ3) is 3.81. The number of piperidine rings is 1. The van der Waals surface area contributed by atoms with E-state index in [9.17, 15) is 4.79 Å². The number of fused-ring (bicyclic) bond motifs is 1. The lowest BCUT2D eigenvalue weighted by Gasteiger charge is -2.26. The average Bonchev–Trinajstić information content (AvgIpc) is 3.13. The van der Waals surface area contributed by atoms with Crippen molar-refractivity contribution in [1.82, 2.24) is 4.90 Å². The molecule has 0 radical (unpaired) electrons. The van der Waals surface area contributed by atoms with E-state index in [0.717, 1.165) is 27.9 Å². The standard InChI is InChI=1S/C22H23NO2S/c24-22(20-16-26-21-7-3-2-6-19(20)21)17-8-10-18(11-9-17)25-15-14-23-12-4-1-5-13-23/h2-3,6-11,16H,1,4-5,12-15H2. The maximum absolute atomic E-state index is 12.8. The Kier molecular flexibility index (Phi) is 5.32. The van der Waals surface area contributed by atoms with Crippen LogP contribution in [0.3, 0.4) is 0 Å². The second-order valence-electron chi connectivity index (χ2n) is 6.75. The zero-order valence-electron chi connectivity index (χ0n) is 14.8. The van der Waals surface area contributed by atoms with Gasteiger partial charge in [-0.1, -0.05) is 24.6 Å². The molecule has 26 heavy (non-hydrogen) atoms. The van der Waals surface area contributed by atoms with E-state index in [1.807, 2.05) is 47.8 Å². The normalized spacial score (nSPS) is 15.2. The maximum Gasteiger partial charge on any atom is 0.194 e. The number of carbonyl (C=O) groups is 1. The van der Waals surface area contributed by atoms with Crippen LogP contribution in [0.1, 0.15) is 35.2 Å². The van der Waals surface area contributed by atoms with Gasteiger partial charge in [0.1, 0.15) is 12.4 Å². The molecule has 0 spiro atoms. The van der Waals surface area contributed by atoms with Crippen LogP contribution < -0.4 is 4.74 Å². The number of rotatable bonds is 6. The van der Waals surface area contributed by atoms with Gasteiger partial charge in [-0.2, -0.15) is 0 Å². The minimum atomic E-state index is 0.0716. The number of hydrogen-bond acceptors (Lipinski definition) is 4. The van der Waals surface area contributed by atoms with Crippen molar-refractivity contribution in [2.75, 3.05) is 26.2 Å². The van der Waals surface area contributed by atoms with Gasteiger partial charge in [0.2, 0.25) is 0 Å². The van der Waals surface area contributed by atoms with Crippen molar-refractivity contribution in [3.05, 3.63) is 65.0 Å². The largest absolute Gasteiger partial charge is 0.492 e. The molecule has 0 unspecified atom stereocenters. The molecule has 134 valence electrons. The monoisotopic (exact) mass is 365 g/mol. The maximum atomic E-state index is 12.8. The summed E-state index contributed by atoms with van der Waals surface area (Å²) in [7, 11) is 0. The van der Waals surface area contributed by atoms with Crippen LogP contribution in [0, 0.1) is 0 Å². The fourth-order valence-electron chi connectivity index (χ4n) is 3.49. The van der Waals surface area contributed by atoms with Crippen LogP contribution in [0.2, 0.25) is 0 Å². The molecule has 1 aliphatic rings. The van der Waals surface area contributed by atoms with Gasteiger partial charge in [0.15, 0.2) is 5.78 Å². The molecular weight excluding hydrogens is 342 g/mol. The first kappa shape index (κ1) is 17.3. The highest BCUT2D eigenvalue weighted by atomic mass is 32.1. The molecule has 4 rings (SSSR count). The molecule has 0 bridgehead atoms. The minimum absolute atomic E-state index is 0.0716. The molecule has 0 saturated carbocycles. The number of nitrogens with zero attached hydrogens (tertiary/aromatic N) is 1. The van der Waals surface area contributed by atoms with E-state index >= 15 is 0 Å². The van der Waals surface area contributed by atoms with Crippen LogP contribution in [0.4, 0.5) is 0 Å². The molecule has 2 heterocycles. The Bertz CT molecular complexity index is 879. The summed E-state index contributed by atoms with van der Waals surface area (Å²) in [4.78, 5) is 15.3. The topological polar surface area (TPSA) is 29.5 Å². The predicted molar refractivity (Wildman–Crippen MR) is 107 cm³/mol. The summed E-state index contributed by atoms with van der Waals surface area (Å²) in [6.07, 6.45) is 3.95. The number of likely N-dealkylation sites (tertiary alicyclic amines) is 1. The van der Waals surface area contributed by atoms with Gasteiger partial charge in [-0.15, -0.1) is 11.3 Å². The summed E-state index contributed by atoms with van der Waals surface area (Å²) in [5.41, 5.74) is 1.49. The highest BCUT2D eigenvalue weighted by Crippen LogP contribution is 2.28. The van der Waals surface area contributed by atoms with Gasteiger partial charge < -0.3 is 4.74 Å². The van der Waals surface area contributed by atoms with Crippen molar-refractivity contribution in [3.8, 4) is 5.75 Å². The molecule has 0 amide bonds.